The van der Waals surface area contributed by atoms with Crippen LogP contribution in [0.1, 0.15) is 16.7 Å². The number of aryl methyl sites for hydroxylation is 1. The minimum Gasteiger partial charge on any atom is -0.395 e. The molecule has 106 valence electrons. The van der Waals surface area contributed by atoms with E-state index in [0.29, 0.717) is 11.4 Å². The smallest absolute Gasteiger partial charge is 0.0553 e. The van der Waals surface area contributed by atoms with E-state index in [-0.39, 0.29) is 13.2 Å². The van der Waals surface area contributed by atoms with Crippen molar-refractivity contribution >= 4 is 11.6 Å². The number of rotatable bonds is 5. The van der Waals surface area contributed by atoms with E-state index in [9.17, 15) is 10.2 Å². The summed E-state index contributed by atoms with van der Waals surface area (Å²) in [6, 6.07) is 15.5. The molecule has 2 aromatic carbocycles. The van der Waals surface area contributed by atoms with Crippen LogP contribution in [0.5, 0.6) is 0 Å². The Labute approximate surface area is 124 Å². The molecule has 0 aliphatic heterocycles. The predicted octanol–water partition coefficient (Wildman–Crippen LogP) is 3.11. The molecule has 0 aromatic heterocycles. The highest BCUT2D eigenvalue weighted by atomic mass is 35.5. The first-order valence-corrected chi connectivity index (χ1v) is 7.01. The molecule has 0 bridgehead atoms. The number of hydrogen-bond acceptors (Lipinski definition) is 2. The third-order valence-electron chi connectivity index (χ3n) is 3.71. The summed E-state index contributed by atoms with van der Waals surface area (Å²) < 4.78 is 0. The van der Waals surface area contributed by atoms with Gasteiger partial charge in [-0.2, -0.15) is 0 Å². The van der Waals surface area contributed by atoms with Crippen molar-refractivity contribution in [3.05, 3.63) is 70.2 Å². The van der Waals surface area contributed by atoms with Crippen LogP contribution in [0.4, 0.5) is 0 Å². The maximum Gasteiger partial charge on any atom is 0.0553 e. The van der Waals surface area contributed by atoms with Gasteiger partial charge in [0.05, 0.1) is 13.2 Å². The Hall–Kier alpha value is -1.35. The van der Waals surface area contributed by atoms with E-state index in [1.165, 1.54) is 5.56 Å². The summed E-state index contributed by atoms with van der Waals surface area (Å²) in [7, 11) is 0. The molecule has 0 fully saturated rings. The molecule has 2 nitrogen and oxygen atoms in total. The van der Waals surface area contributed by atoms with Crippen molar-refractivity contribution in [2.24, 2.45) is 0 Å². The molecule has 0 aliphatic rings. The van der Waals surface area contributed by atoms with E-state index < -0.39 is 5.41 Å². The van der Waals surface area contributed by atoms with E-state index in [2.05, 4.69) is 0 Å². The number of halogens is 1. The minimum atomic E-state index is -0.708. The van der Waals surface area contributed by atoms with Crippen LogP contribution >= 0.6 is 11.6 Å². The Morgan fingerprint density at radius 1 is 1.00 bits per heavy atom. The van der Waals surface area contributed by atoms with E-state index >= 15 is 0 Å². The SMILES string of the molecule is Cc1ccc(CC(CO)(CO)c2cccc(Cl)c2)cc1. The van der Waals surface area contributed by atoms with Crippen LogP contribution in [0.15, 0.2) is 48.5 Å². The second kappa shape index (κ2) is 6.40. The zero-order valence-corrected chi connectivity index (χ0v) is 12.3. The van der Waals surface area contributed by atoms with E-state index in [4.69, 9.17) is 11.6 Å². The molecule has 0 atom stereocenters. The Morgan fingerprint density at radius 3 is 2.20 bits per heavy atom. The summed E-state index contributed by atoms with van der Waals surface area (Å²) in [6.45, 7) is 1.78. The zero-order valence-electron chi connectivity index (χ0n) is 11.5. The molecule has 3 heteroatoms. The summed E-state index contributed by atoms with van der Waals surface area (Å²) in [5, 5.41) is 20.3. The Balaban J connectivity index is 2.36. The van der Waals surface area contributed by atoms with Crippen LogP contribution in [0.25, 0.3) is 0 Å². The second-order valence-electron chi connectivity index (χ2n) is 5.27. The summed E-state index contributed by atoms with van der Waals surface area (Å²) in [5.74, 6) is 0. The van der Waals surface area contributed by atoms with Crippen molar-refractivity contribution in [3.8, 4) is 0 Å². The average Bonchev–Trinajstić information content (AvgIpc) is 2.47. The van der Waals surface area contributed by atoms with E-state index in [0.717, 1.165) is 11.1 Å². The van der Waals surface area contributed by atoms with Gasteiger partial charge in [0.25, 0.3) is 0 Å². The van der Waals surface area contributed by atoms with Crippen molar-refractivity contribution in [1.29, 1.82) is 0 Å². The van der Waals surface area contributed by atoms with E-state index in [1.54, 1.807) is 6.07 Å². The van der Waals surface area contributed by atoms with Crippen LogP contribution in [-0.4, -0.2) is 23.4 Å². The van der Waals surface area contributed by atoms with Crippen molar-refractivity contribution in [1.82, 2.24) is 0 Å². The fourth-order valence-corrected chi connectivity index (χ4v) is 2.55. The van der Waals surface area contributed by atoms with Gasteiger partial charge in [-0.25, -0.2) is 0 Å². The highest BCUT2D eigenvalue weighted by Gasteiger charge is 2.31. The standard InChI is InChI=1S/C17H19ClO2/c1-13-5-7-14(8-6-13)10-17(11-19,12-20)15-3-2-4-16(18)9-15/h2-9,19-20H,10-12H2,1H3. The van der Waals surface area contributed by atoms with Gasteiger partial charge in [-0.15, -0.1) is 0 Å². The van der Waals surface area contributed by atoms with Gasteiger partial charge >= 0.3 is 0 Å². The first kappa shape index (κ1) is 15.0. The average molecular weight is 291 g/mol. The fraction of sp³-hybridized carbons (Fsp3) is 0.294. The molecule has 0 saturated heterocycles. The van der Waals surface area contributed by atoms with Gasteiger partial charge in [-0.05, 0) is 36.6 Å². The molecule has 0 unspecified atom stereocenters. The summed E-state index contributed by atoms with van der Waals surface area (Å²) in [4.78, 5) is 0. The second-order valence-corrected chi connectivity index (χ2v) is 5.71. The maximum absolute atomic E-state index is 9.83. The normalized spacial score (nSPS) is 11.6. The number of benzene rings is 2. The maximum atomic E-state index is 9.83. The molecule has 0 radical (unpaired) electrons. The molecule has 2 N–H and O–H groups in total. The molecule has 2 aromatic rings. The number of aliphatic hydroxyl groups is 2. The summed E-state index contributed by atoms with van der Waals surface area (Å²) in [5.41, 5.74) is 2.42. The molecule has 0 amide bonds. The number of aliphatic hydroxyl groups excluding tert-OH is 2. The van der Waals surface area contributed by atoms with Gasteiger partial charge in [-0.3, -0.25) is 0 Å². The Morgan fingerprint density at radius 2 is 1.65 bits per heavy atom. The summed E-state index contributed by atoms with van der Waals surface area (Å²) in [6.07, 6.45) is 0.570. The highest BCUT2D eigenvalue weighted by Crippen LogP contribution is 2.30. The molecular weight excluding hydrogens is 272 g/mol. The lowest BCUT2D eigenvalue weighted by Crippen LogP contribution is -2.37. The van der Waals surface area contributed by atoms with Crippen molar-refractivity contribution < 1.29 is 10.2 Å². The van der Waals surface area contributed by atoms with Crippen LogP contribution in [0.2, 0.25) is 5.02 Å². The highest BCUT2D eigenvalue weighted by molar-refractivity contribution is 6.30. The fourth-order valence-electron chi connectivity index (χ4n) is 2.36. The minimum absolute atomic E-state index is 0.127. The first-order chi connectivity index (χ1) is 9.59. The lowest BCUT2D eigenvalue weighted by atomic mass is 9.77. The molecule has 0 spiro atoms. The zero-order chi connectivity index (χ0) is 14.6. The van der Waals surface area contributed by atoms with Crippen LogP contribution in [-0.2, 0) is 11.8 Å². The van der Waals surface area contributed by atoms with Gasteiger partial charge < -0.3 is 10.2 Å². The van der Waals surface area contributed by atoms with Gasteiger partial charge in [0.15, 0.2) is 0 Å². The largest absolute Gasteiger partial charge is 0.395 e. The van der Waals surface area contributed by atoms with Crippen LogP contribution in [0.3, 0.4) is 0 Å². The van der Waals surface area contributed by atoms with E-state index in [1.807, 2.05) is 49.4 Å². The quantitative estimate of drug-likeness (QED) is 0.888. The first-order valence-electron chi connectivity index (χ1n) is 6.63. The van der Waals surface area contributed by atoms with Crippen LogP contribution in [0, 0.1) is 6.92 Å². The Bertz CT molecular complexity index is 559. The molecule has 20 heavy (non-hydrogen) atoms. The molecular formula is C17H19ClO2. The monoisotopic (exact) mass is 290 g/mol. The van der Waals surface area contributed by atoms with Crippen LogP contribution < -0.4 is 0 Å². The summed E-state index contributed by atoms with van der Waals surface area (Å²) >= 11 is 6.03. The predicted molar refractivity (Wildman–Crippen MR) is 82.2 cm³/mol. The van der Waals surface area contributed by atoms with Crippen molar-refractivity contribution in [2.45, 2.75) is 18.8 Å². The lowest BCUT2D eigenvalue weighted by molar-refractivity contribution is 0.116. The van der Waals surface area contributed by atoms with Crippen molar-refractivity contribution in [3.63, 3.8) is 0 Å². The molecule has 0 saturated carbocycles. The van der Waals surface area contributed by atoms with Crippen molar-refractivity contribution in [2.75, 3.05) is 13.2 Å². The Kier molecular flexibility index (Phi) is 4.81. The molecule has 0 heterocycles. The lowest BCUT2D eigenvalue weighted by Gasteiger charge is -2.31. The third-order valence-corrected chi connectivity index (χ3v) is 3.94. The third kappa shape index (κ3) is 3.21. The topological polar surface area (TPSA) is 40.5 Å². The molecule has 0 aliphatic carbocycles. The van der Waals surface area contributed by atoms with Gasteiger partial charge in [0.2, 0.25) is 0 Å². The number of hydrogen-bond donors (Lipinski definition) is 2. The van der Waals surface area contributed by atoms with Gasteiger partial charge in [0.1, 0.15) is 0 Å². The van der Waals surface area contributed by atoms with Gasteiger partial charge in [-0.1, -0.05) is 53.6 Å². The molecule has 2 rings (SSSR count). The van der Waals surface area contributed by atoms with Gasteiger partial charge in [0, 0.05) is 10.4 Å².